The van der Waals surface area contributed by atoms with Crippen molar-refractivity contribution in [3.63, 3.8) is 0 Å². The molecule has 2 heteroatoms. The Bertz CT molecular complexity index is 576. The fourth-order valence-corrected chi connectivity index (χ4v) is 2.60. The molecule has 0 heterocycles. The molecular weight excluding hydrogens is 268 g/mol. The van der Waals surface area contributed by atoms with Crippen molar-refractivity contribution in [3.8, 4) is 5.75 Å². The Balaban J connectivity index is 2.24. The van der Waals surface area contributed by atoms with Gasteiger partial charge >= 0.3 is 0 Å². The van der Waals surface area contributed by atoms with Gasteiger partial charge in [-0.3, -0.25) is 0 Å². The van der Waals surface area contributed by atoms with Crippen molar-refractivity contribution >= 4 is 11.6 Å². The van der Waals surface area contributed by atoms with Crippen molar-refractivity contribution < 1.29 is 4.74 Å². The van der Waals surface area contributed by atoms with E-state index < -0.39 is 0 Å². The fraction of sp³-hybridized carbons (Fsp3) is 0.333. The number of hydrogen-bond acceptors (Lipinski definition) is 1. The zero-order chi connectivity index (χ0) is 14.8. The molecule has 2 rings (SSSR count). The maximum absolute atomic E-state index is 6.20. The molecule has 0 atom stereocenters. The van der Waals surface area contributed by atoms with E-state index in [0.717, 1.165) is 11.3 Å². The van der Waals surface area contributed by atoms with Crippen LogP contribution in [0.15, 0.2) is 42.5 Å². The largest absolute Gasteiger partial charge is 0.487 e. The second kappa shape index (κ2) is 5.88. The third-order valence-electron chi connectivity index (χ3n) is 3.36. The summed E-state index contributed by atoms with van der Waals surface area (Å²) in [4.78, 5) is 0. The van der Waals surface area contributed by atoms with E-state index in [1.165, 1.54) is 11.1 Å². The van der Waals surface area contributed by atoms with E-state index >= 15 is 0 Å². The molecule has 0 N–H and O–H groups in total. The first-order valence-corrected chi connectivity index (χ1v) is 7.23. The molecule has 2 aromatic rings. The van der Waals surface area contributed by atoms with Crippen molar-refractivity contribution in [3.05, 3.63) is 64.2 Å². The second-order valence-corrected chi connectivity index (χ2v) is 6.49. The molecule has 0 saturated carbocycles. The zero-order valence-corrected chi connectivity index (χ0v) is 13.3. The third kappa shape index (κ3) is 3.34. The lowest BCUT2D eigenvalue weighted by Gasteiger charge is -2.23. The third-order valence-corrected chi connectivity index (χ3v) is 3.66. The minimum Gasteiger partial charge on any atom is -0.487 e. The van der Waals surface area contributed by atoms with Crippen LogP contribution in [0.25, 0.3) is 0 Å². The van der Waals surface area contributed by atoms with E-state index in [-0.39, 0.29) is 5.41 Å². The topological polar surface area (TPSA) is 9.23 Å². The highest BCUT2D eigenvalue weighted by atomic mass is 35.5. The molecule has 20 heavy (non-hydrogen) atoms. The van der Waals surface area contributed by atoms with Gasteiger partial charge in [-0.05, 0) is 35.1 Å². The highest BCUT2D eigenvalue weighted by Crippen LogP contribution is 2.30. The molecule has 0 aromatic heterocycles. The molecule has 0 amide bonds. The van der Waals surface area contributed by atoms with Gasteiger partial charge in [0.05, 0.1) is 5.02 Å². The van der Waals surface area contributed by atoms with Crippen LogP contribution >= 0.6 is 11.6 Å². The Kier molecular flexibility index (Phi) is 4.39. The Hall–Kier alpha value is -1.47. The van der Waals surface area contributed by atoms with Gasteiger partial charge in [-0.2, -0.15) is 0 Å². The predicted octanol–water partition coefficient (Wildman–Crippen LogP) is 5.52. The first kappa shape index (κ1) is 14.9. The number of aryl methyl sites for hydroxylation is 1. The summed E-state index contributed by atoms with van der Waals surface area (Å²) in [5.41, 5.74) is 3.69. The van der Waals surface area contributed by atoms with E-state index in [9.17, 15) is 0 Å². The van der Waals surface area contributed by atoms with Crippen LogP contribution in [-0.4, -0.2) is 0 Å². The number of ether oxygens (including phenoxy) is 1. The van der Waals surface area contributed by atoms with Crippen LogP contribution in [0.5, 0.6) is 5.75 Å². The highest BCUT2D eigenvalue weighted by Gasteiger charge is 2.17. The Morgan fingerprint density at radius 2 is 1.70 bits per heavy atom. The Morgan fingerprint density at radius 3 is 2.35 bits per heavy atom. The first-order valence-electron chi connectivity index (χ1n) is 6.86. The zero-order valence-electron chi connectivity index (χ0n) is 12.5. The van der Waals surface area contributed by atoms with Crippen molar-refractivity contribution in [2.75, 3.05) is 0 Å². The van der Waals surface area contributed by atoms with E-state index in [1.54, 1.807) is 0 Å². The average molecular weight is 289 g/mol. The minimum absolute atomic E-state index is 0.107. The monoisotopic (exact) mass is 288 g/mol. The van der Waals surface area contributed by atoms with Crippen LogP contribution in [0.2, 0.25) is 5.02 Å². The normalized spacial score (nSPS) is 11.4. The number of hydrogen-bond donors (Lipinski definition) is 0. The summed E-state index contributed by atoms with van der Waals surface area (Å²) in [6, 6.07) is 14.2. The van der Waals surface area contributed by atoms with E-state index in [0.29, 0.717) is 11.6 Å². The summed E-state index contributed by atoms with van der Waals surface area (Å²) in [5.74, 6) is 0.776. The van der Waals surface area contributed by atoms with Gasteiger partial charge in [0.1, 0.15) is 12.4 Å². The molecule has 0 aliphatic carbocycles. The lowest BCUT2D eigenvalue weighted by Crippen LogP contribution is -2.15. The molecule has 0 aliphatic heterocycles. The number of para-hydroxylation sites is 1. The molecule has 1 nitrogen and oxygen atoms in total. The van der Waals surface area contributed by atoms with Gasteiger partial charge in [-0.25, -0.2) is 0 Å². The molecule has 0 fully saturated rings. The van der Waals surface area contributed by atoms with Gasteiger partial charge in [0.25, 0.3) is 0 Å². The summed E-state index contributed by atoms with van der Waals surface area (Å²) < 4.78 is 5.96. The quantitative estimate of drug-likeness (QED) is 0.722. The predicted molar refractivity (Wildman–Crippen MR) is 85.7 cm³/mol. The van der Waals surface area contributed by atoms with Crippen LogP contribution in [0.1, 0.15) is 37.5 Å². The van der Waals surface area contributed by atoms with Crippen LogP contribution in [0, 0.1) is 6.92 Å². The maximum atomic E-state index is 6.20. The first-order chi connectivity index (χ1) is 9.39. The van der Waals surface area contributed by atoms with Gasteiger partial charge in [0, 0.05) is 0 Å². The molecule has 0 spiro atoms. The van der Waals surface area contributed by atoms with Crippen LogP contribution in [-0.2, 0) is 12.0 Å². The van der Waals surface area contributed by atoms with Crippen molar-refractivity contribution in [2.45, 2.75) is 39.7 Å². The molecule has 0 bridgehead atoms. The molecule has 2 aromatic carbocycles. The lowest BCUT2D eigenvalue weighted by molar-refractivity contribution is 0.301. The number of halogens is 1. The van der Waals surface area contributed by atoms with Gasteiger partial charge in [-0.15, -0.1) is 0 Å². The highest BCUT2D eigenvalue weighted by molar-refractivity contribution is 6.32. The lowest BCUT2D eigenvalue weighted by atomic mass is 9.84. The van der Waals surface area contributed by atoms with E-state index in [2.05, 4.69) is 39.0 Å². The average Bonchev–Trinajstić information content (AvgIpc) is 2.37. The van der Waals surface area contributed by atoms with Crippen molar-refractivity contribution in [2.24, 2.45) is 0 Å². The molecule has 0 unspecified atom stereocenters. The maximum Gasteiger partial charge on any atom is 0.141 e. The van der Waals surface area contributed by atoms with Crippen molar-refractivity contribution in [1.82, 2.24) is 0 Å². The van der Waals surface area contributed by atoms with E-state index in [4.69, 9.17) is 16.3 Å². The Morgan fingerprint density at radius 1 is 1.00 bits per heavy atom. The molecule has 0 aliphatic rings. The van der Waals surface area contributed by atoms with Gasteiger partial charge in [0.2, 0.25) is 0 Å². The minimum atomic E-state index is 0.107. The smallest absolute Gasteiger partial charge is 0.141 e. The molecule has 0 radical (unpaired) electrons. The SMILES string of the molecule is Cc1cccc(Cl)c1OCc1ccccc1C(C)(C)C. The van der Waals surface area contributed by atoms with Gasteiger partial charge in [-0.1, -0.05) is 68.8 Å². The van der Waals surface area contributed by atoms with Gasteiger partial charge in [0.15, 0.2) is 0 Å². The van der Waals surface area contributed by atoms with Gasteiger partial charge < -0.3 is 4.74 Å². The van der Waals surface area contributed by atoms with Crippen LogP contribution in [0.3, 0.4) is 0 Å². The summed E-state index contributed by atoms with van der Waals surface area (Å²) in [5, 5.41) is 0.665. The van der Waals surface area contributed by atoms with E-state index in [1.807, 2.05) is 31.2 Å². The van der Waals surface area contributed by atoms with Crippen LogP contribution < -0.4 is 4.74 Å². The molecule has 0 saturated heterocycles. The number of benzene rings is 2. The molecule has 106 valence electrons. The van der Waals surface area contributed by atoms with Crippen LogP contribution in [0.4, 0.5) is 0 Å². The summed E-state index contributed by atoms with van der Waals surface area (Å²) in [6.07, 6.45) is 0. The Labute approximate surface area is 126 Å². The fourth-order valence-electron chi connectivity index (χ4n) is 2.33. The molecular formula is C18H21ClO. The standard InChI is InChI=1S/C18H21ClO/c1-13-8-7-11-16(19)17(13)20-12-14-9-5-6-10-15(14)18(2,3)4/h5-11H,12H2,1-4H3. The second-order valence-electron chi connectivity index (χ2n) is 6.08. The summed E-state index contributed by atoms with van der Waals surface area (Å²) >= 11 is 6.20. The van der Waals surface area contributed by atoms with Crippen molar-refractivity contribution in [1.29, 1.82) is 0 Å². The summed E-state index contributed by atoms with van der Waals surface area (Å²) in [6.45, 7) is 9.20. The summed E-state index contributed by atoms with van der Waals surface area (Å²) in [7, 11) is 0. The number of rotatable bonds is 3.